The Balaban J connectivity index is 3.43. The van der Waals surface area contributed by atoms with Gasteiger partial charge in [0.05, 0.1) is 6.73 Å². The molecule has 0 aliphatic heterocycles. The van der Waals surface area contributed by atoms with E-state index >= 15 is 0 Å². The highest BCUT2D eigenvalue weighted by atomic mass is 16.5. The van der Waals surface area contributed by atoms with E-state index in [-0.39, 0.29) is 12.5 Å². The minimum Gasteiger partial charge on any atom is -0.346 e. The first kappa shape index (κ1) is 8.88. The minimum atomic E-state index is -0.274. The zero-order chi connectivity index (χ0) is 7.33. The van der Waals surface area contributed by atoms with Crippen molar-refractivity contribution >= 4 is 0 Å². The van der Waals surface area contributed by atoms with Crippen molar-refractivity contribution in [3.8, 4) is 0 Å². The Morgan fingerprint density at radius 3 is 2.44 bits per heavy atom. The molecule has 0 bridgehead atoms. The molecule has 0 aromatic rings. The second-order valence-electron chi connectivity index (χ2n) is 2.35. The maximum absolute atomic E-state index is 5.18. The predicted octanol–water partition coefficient (Wildman–Crippen LogP) is 0.265. The Bertz CT molecular complexity index is 65.5. The molecule has 0 aliphatic carbocycles. The average molecular weight is 132 g/mol. The third-order valence-corrected chi connectivity index (χ3v) is 1.05. The van der Waals surface area contributed by atoms with Gasteiger partial charge in [0, 0.05) is 0 Å². The number of hydrogen-bond donors (Lipinski definition) is 2. The van der Waals surface area contributed by atoms with Gasteiger partial charge in [-0.25, -0.2) is 0 Å². The monoisotopic (exact) mass is 132 g/mol. The molecule has 0 aromatic heterocycles. The Labute approximate surface area is 56.6 Å². The van der Waals surface area contributed by atoms with Crippen molar-refractivity contribution in [2.45, 2.75) is 26.5 Å². The van der Waals surface area contributed by atoms with Crippen LogP contribution < -0.4 is 11.1 Å². The van der Waals surface area contributed by atoms with Crippen LogP contribution in [-0.4, -0.2) is 19.0 Å². The van der Waals surface area contributed by atoms with Crippen molar-refractivity contribution in [3.63, 3.8) is 0 Å². The molecule has 0 heterocycles. The van der Waals surface area contributed by atoms with Crippen molar-refractivity contribution in [3.05, 3.63) is 0 Å². The fourth-order valence-electron chi connectivity index (χ4n) is 0.685. The molecule has 9 heavy (non-hydrogen) atoms. The summed E-state index contributed by atoms with van der Waals surface area (Å²) in [4.78, 5) is 0. The Morgan fingerprint density at radius 2 is 2.11 bits per heavy atom. The van der Waals surface area contributed by atoms with E-state index in [4.69, 9.17) is 10.5 Å². The van der Waals surface area contributed by atoms with Crippen LogP contribution in [0.15, 0.2) is 0 Å². The number of nitrogens with two attached hydrogens (primary N) is 1. The molecule has 0 rings (SSSR count). The third kappa shape index (κ3) is 4.39. The van der Waals surface area contributed by atoms with Crippen LogP contribution in [-0.2, 0) is 4.74 Å². The molecule has 3 heteroatoms. The molecule has 0 saturated heterocycles. The highest BCUT2D eigenvalue weighted by Crippen LogP contribution is 2.00. The van der Waals surface area contributed by atoms with Crippen LogP contribution in [0.4, 0.5) is 0 Å². The first-order valence-electron chi connectivity index (χ1n) is 3.21. The van der Waals surface area contributed by atoms with Crippen LogP contribution in [0, 0.1) is 0 Å². The minimum absolute atomic E-state index is 0.264. The van der Waals surface area contributed by atoms with E-state index < -0.39 is 0 Å². The standard InChI is InChI=1S/C6H16N2O/c1-4-8-6(2,3)9-5-7/h8H,4-5,7H2,1-3H3. The molecule has 0 amide bonds. The molecule has 0 radical (unpaired) electrons. The van der Waals surface area contributed by atoms with Gasteiger partial charge in [-0.3, -0.25) is 5.32 Å². The molecule has 3 N–H and O–H groups in total. The lowest BCUT2D eigenvalue weighted by molar-refractivity contribution is -0.0384. The molecule has 0 fully saturated rings. The van der Waals surface area contributed by atoms with Gasteiger partial charge in [0.15, 0.2) is 0 Å². The Kier molecular flexibility index (Phi) is 3.77. The van der Waals surface area contributed by atoms with Gasteiger partial charge in [-0.15, -0.1) is 0 Å². The van der Waals surface area contributed by atoms with Crippen molar-refractivity contribution in [2.24, 2.45) is 5.73 Å². The molecule has 0 aliphatic rings. The number of hydrogen-bond acceptors (Lipinski definition) is 3. The molecule has 0 unspecified atom stereocenters. The summed E-state index contributed by atoms with van der Waals surface area (Å²) in [6, 6.07) is 0. The van der Waals surface area contributed by atoms with Crippen molar-refractivity contribution in [2.75, 3.05) is 13.3 Å². The van der Waals surface area contributed by atoms with Crippen LogP contribution in [0.3, 0.4) is 0 Å². The number of nitrogens with one attached hydrogen (secondary N) is 1. The van der Waals surface area contributed by atoms with Gasteiger partial charge in [0.1, 0.15) is 5.72 Å². The lowest BCUT2D eigenvalue weighted by atomic mass is 10.3. The molecule has 0 saturated carbocycles. The highest BCUT2D eigenvalue weighted by Gasteiger charge is 2.13. The van der Waals surface area contributed by atoms with E-state index in [9.17, 15) is 0 Å². The zero-order valence-corrected chi connectivity index (χ0v) is 6.40. The van der Waals surface area contributed by atoms with Gasteiger partial charge >= 0.3 is 0 Å². The predicted molar refractivity (Wildman–Crippen MR) is 37.9 cm³/mol. The van der Waals surface area contributed by atoms with Gasteiger partial charge in [0.2, 0.25) is 0 Å². The van der Waals surface area contributed by atoms with Crippen molar-refractivity contribution in [1.29, 1.82) is 0 Å². The zero-order valence-electron chi connectivity index (χ0n) is 6.40. The first-order valence-corrected chi connectivity index (χ1v) is 3.21. The van der Waals surface area contributed by atoms with Gasteiger partial charge in [0.25, 0.3) is 0 Å². The second-order valence-corrected chi connectivity index (χ2v) is 2.35. The van der Waals surface area contributed by atoms with E-state index in [1.165, 1.54) is 0 Å². The summed E-state index contributed by atoms with van der Waals surface area (Å²) in [5, 5.41) is 3.12. The topological polar surface area (TPSA) is 47.3 Å². The van der Waals surface area contributed by atoms with Crippen molar-refractivity contribution in [1.82, 2.24) is 5.32 Å². The number of ether oxygens (including phenoxy) is 1. The normalized spacial score (nSPS) is 12.0. The summed E-state index contributed by atoms with van der Waals surface area (Å²) in [5.41, 5.74) is 4.91. The van der Waals surface area contributed by atoms with E-state index in [1.54, 1.807) is 0 Å². The van der Waals surface area contributed by atoms with E-state index in [0.29, 0.717) is 0 Å². The maximum atomic E-state index is 5.18. The van der Waals surface area contributed by atoms with Gasteiger partial charge in [-0.05, 0) is 20.4 Å². The number of rotatable bonds is 4. The summed E-state index contributed by atoms with van der Waals surface area (Å²) in [6.45, 7) is 7.08. The quantitative estimate of drug-likeness (QED) is 0.539. The Morgan fingerprint density at radius 1 is 1.56 bits per heavy atom. The molecule has 3 nitrogen and oxygen atoms in total. The van der Waals surface area contributed by atoms with Gasteiger partial charge in [-0.1, -0.05) is 6.92 Å². The van der Waals surface area contributed by atoms with E-state index in [1.807, 2.05) is 20.8 Å². The lowest BCUT2D eigenvalue weighted by Crippen LogP contribution is -2.42. The van der Waals surface area contributed by atoms with Gasteiger partial charge in [-0.2, -0.15) is 0 Å². The van der Waals surface area contributed by atoms with Crippen LogP contribution >= 0.6 is 0 Å². The second kappa shape index (κ2) is 3.82. The van der Waals surface area contributed by atoms with E-state index in [0.717, 1.165) is 6.54 Å². The summed E-state index contributed by atoms with van der Waals surface area (Å²) >= 11 is 0. The van der Waals surface area contributed by atoms with Crippen LogP contribution in [0.1, 0.15) is 20.8 Å². The Hall–Kier alpha value is -0.120. The smallest absolute Gasteiger partial charge is 0.115 e. The summed E-state index contributed by atoms with van der Waals surface area (Å²) < 4.78 is 5.14. The maximum Gasteiger partial charge on any atom is 0.115 e. The molecule has 56 valence electrons. The highest BCUT2D eigenvalue weighted by molar-refractivity contribution is 4.62. The first-order chi connectivity index (χ1) is 4.12. The van der Waals surface area contributed by atoms with Crippen LogP contribution in [0.5, 0.6) is 0 Å². The van der Waals surface area contributed by atoms with E-state index in [2.05, 4.69) is 5.32 Å². The summed E-state index contributed by atoms with van der Waals surface area (Å²) in [7, 11) is 0. The molecular formula is C6H16N2O. The third-order valence-electron chi connectivity index (χ3n) is 1.05. The molecule has 0 spiro atoms. The largest absolute Gasteiger partial charge is 0.346 e. The summed E-state index contributed by atoms with van der Waals surface area (Å²) in [5.74, 6) is 0. The fourth-order valence-corrected chi connectivity index (χ4v) is 0.685. The summed E-state index contributed by atoms with van der Waals surface area (Å²) in [6.07, 6.45) is 0. The molecular weight excluding hydrogens is 116 g/mol. The molecule has 0 atom stereocenters. The average Bonchev–Trinajstić information content (AvgIpc) is 1.64. The van der Waals surface area contributed by atoms with Crippen molar-refractivity contribution < 1.29 is 4.74 Å². The SMILES string of the molecule is CCNC(C)(C)OCN. The van der Waals surface area contributed by atoms with Gasteiger partial charge < -0.3 is 10.5 Å². The van der Waals surface area contributed by atoms with Crippen LogP contribution in [0.2, 0.25) is 0 Å². The lowest BCUT2D eigenvalue weighted by Gasteiger charge is -2.24. The fraction of sp³-hybridized carbons (Fsp3) is 1.00. The molecule has 0 aromatic carbocycles. The van der Waals surface area contributed by atoms with Crippen LogP contribution in [0.25, 0.3) is 0 Å².